The number of nitrogens with zero attached hydrogens (tertiary/aromatic N) is 2. The molecule has 1 aromatic heterocycles. The van der Waals surface area contributed by atoms with E-state index in [9.17, 15) is 0 Å². The van der Waals surface area contributed by atoms with E-state index in [0.717, 1.165) is 10.2 Å². The van der Waals surface area contributed by atoms with Crippen LogP contribution in [0.15, 0.2) is 12.3 Å². The fourth-order valence-electron chi connectivity index (χ4n) is 0.907. The Morgan fingerprint density at radius 1 is 1.54 bits per heavy atom. The molecule has 0 saturated heterocycles. The van der Waals surface area contributed by atoms with E-state index in [1.54, 1.807) is 0 Å². The lowest BCUT2D eigenvalue weighted by atomic mass is 10.2. The molecule has 0 aliphatic heterocycles. The molecule has 74 valence electrons. The highest BCUT2D eigenvalue weighted by Gasteiger charge is 2.09. The van der Waals surface area contributed by atoms with Crippen LogP contribution >= 0.6 is 22.6 Å². The zero-order valence-electron chi connectivity index (χ0n) is 8.25. The molecule has 1 heterocycles. The maximum atomic E-state index is 5.58. The van der Waals surface area contributed by atoms with Gasteiger partial charge in [0, 0.05) is 6.20 Å². The van der Waals surface area contributed by atoms with Crippen molar-refractivity contribution in [3.05, 3.63) is 16.0 Å². The summed E-state index contributed by atoms with van der Waals surface area (Å²) in [6, 6.07) is 1.98. The van der Waals surface area contributed by atoms with Crippen molar-refractivity contribution in [1.82, 2.24) is 9.78 Å². The summed E-state index contributed by atoms with van der Waals surface area (Å²) in [5.41, 5.74) is -0.0553. The Bertz CT molecular complexity index is 265. The Morgan fingerprint density at radius 3 is 2.69 bits per heavy atom. The van der Waals surface area contributed by atoms with Crippen molar-refractivity contribution < 1.29 is 4.74 Å². The van der Waals surface area contributed by atoms with Crippen LogP contribution in [0.4, 0.5) is 0 Å². The molecule has 0 radical (unpaired) electrons. The van der Waals surface area contributed by atoms with E-state index in [-0.39, 0.29) is 5.60 Å². The minimum absolute atomic E-state index is 0.0553. The van der Waals surface area contributed by atoms with E-state index < -0.39 is 0 Å². The van der Waals surface area contributed by atoms with E-state index in [4.69, 9.17) is 4.74 Å². The van der Waals surface area contributed by atoms with Crippen LogP contribution in [0, 0.1) is 3.70 Å². The third-order valence-electron chi connectivity index (χ3n) is 1.46. The van der Waals surface area contributed by atoms with Gasteiger partial charge in [0.25, 0.3) is 0 Å². The highest BCUT2D eigenvalue weighted by Crippen LogP contribution is 2.06. The zero-order valence-corrected chi connectivity index (χ0v) is 10.4. The first kappa shape index (κ1) is 11.0. The maximum absolute atomic E-state index is 5.58. The molecule has 0 aliphatic carbocycles. The second-order valence-corrected chi connectivity index (χ2v) is 4.97. The lowest BCUT2D eigenvalue weighted by Gasteiger charge is -2.19. The third kappa shape index (κ3) is 4.61. The predicted octanol–water partition coefficient (Wildman–Crippen LogP) is 2.30. The van der Waals surface area contributed by atoms with E-state index in [0.29, 0.717) is 6.61 Å². The Balaban J connectivity index is 2.28. The van der Waals surface area contributed by atoms with Crippen molar-refractivity contribution in [2.24, 2.45) is 0 Å². The van der Waals surface area contributed by atoms with Crippen molar-refractivity contribution in [3.8, 4) is 0 Å². The molecule has 0 aliphatic rings. The second-order valence-electron chi connectivity index (χ2n) is 3.86. The van der Waals surface area contributed by atoms with Crippen LogP contribution < -0.4 is 0 Å². The first-order valence-corrected chi connectivity index (χ1v) is 5.38. The molecular formula is C9H15IN2O. The van der Waals surface area contributed by atoms with Crippen LogP contribution in [-0.4, -0.2) is 22.0 Å². The lowest BCUT2D eigenvalue weighted by Crippen LogP contribution is -2.22. The van der Waals surface area contributed by atoms with Gasteiger partial charge < -0.3 is 4.74 Å². The molecule has 0 saturated carbocycles. The average molecular weight is 294 g/mol. The predicted molar refractivity (Wildman–Crippen MR) is 60.6 cm³/mol. The summed E-state index contributed by atoms with van der Waals surface area (Å²) >= 11 is 2.20. The molecule has 0 N–H and O–H groups in total. The van der Waals surface area contributed by atoms with Crippen molar-refractivity contribution in [1.29, 1.82) is 0 Å². The highest BCUT2D eigenvalue weighted by atomic mass is 127. The molecule has 3 nitrogen and oxygen atoms in total. The molecule has 13 heavy (non-hydrogen) atoms. The quantitative estimate of drug-likeness (QED) is 0.800. The number of aromatic nitrogens is 2. The van der Waals surface area contributed by atoms with Gasteiger partial charge in [-0.05, 0) is 49.4 Å². The van der Waals surface area contributed by atoms with Gasteiger partial charge >= 0.3 is 0 Å². The number of hydrogen-bond acceptors (Lipinski definition) is 2. The summed E-state index contributed by atoms with van der Waals surface area (Å²) in [5, 5.41) is 4.25. The Kier molecular flexibility index (Phi) is 3.73. The average Bonchev–Trinajstić information content (AvgIpc) is 2.33. The number of rotatable bonds is 3. The van der Waals surface area contributed by atoms with Crippen molar-refractivity contribution in [2.75, 3.05) is 6.61 Å². The van der Waals surface area contributed by atoms with Crippen LogP contribution in [0.2, 0.25) is 0 Å². The third-order valence-corrected chi connectivity index (χ3v) is 2.04. The molecule has 4 heteroatoms. The van der Waals surface area contributed by atoms with Gasteiger partial charge in [-0.1, -0.05) is 0 Å². The van der Waals surface area contributed by atoms with Crippen LogP contribution in [-0.2, 0) is 11.3 Å². The fraction of sp³-hybridized carbons (Fsp3) is 0.667. The lowest BCUT2D eigenvalue weighted by molar-refractivity contribution is -0.00792. The number of halogens is 1. The topological polar surface area (TPSA) is 27.1 Å². The van der Waals surface area contributed by atoms with Gasteiger partial charge in [0.1, 0.15) is 3.70 Å². The molecule has 0 spiro atoms. The SMILES string of the molecule is CC(C)(C)OCCn1ccc(I)n1. The van der Waals surface area contributed by atoms with E-state index in [1.165, 1.54) is 0 Å². The Hall–Kier alpha value is -0.100. The van der Waals surface area contributed by atoms with Gasteiger partial charge in [0.05, 0.1) is 18.8 Å². The summed E-state index contributed by atoms with van der Waals surface area (Å²) in [6.45, 7) is 7.70. The minimum Gasteiger partial charge on any atom is -0.374 e. The van der Waals surface area contributed by atoms with Gasteiger partial charge in [-0.25, -0.2) is 0 Å². The largest absolute Gasteiger partial charge is 0.374 e. The Morgan fingerprint density at radius 2 is 2.23 bits per heavy atom. The molecule has 1 aromatic rings. The first-order valence-electron chi connectivity index (χ1n) is 4.30. The van der Waals surface area contributed by atoms with E-state index in [2.05, 4.69) is 48.5 Å². The summed E-state index contributed by atoms with van der Waals surface area (Å²) in [4.78, 5) is 0. The molecule has 0 unspecified atom stereocenters. The van der Waals surface area contributed by atoms with Gasteiger partial charge in [-0.3, -0.25) is 4.68 Å². The summed E-state index contributed by atoms with van der Waals surface area (Å²) in [7, 11) is 0. The smallest absolute Gasteiger partial charge is 0.123 e. The normalized spacial score (nSPS) is 12.0. The number of hydrogen-bond donors (Lipinski definition) is 0. The zero-order chi connectivity index (χ0) is 9.90. The molecule has 0 amide bonds. The standard InChI is InChI=1S/C9H15IN2O/c1-9(2,3)13-7-6-12-5-4-8(10)11-12/h4-5H,6-7H2,1-3H3. The van der Waals surface area contributed by atoms with Gasteiger partial charge in [-0.15, -0.1) is 0 Å². The van der Waals surface area contributed by atoms with Gasteiger partial charge in [0.2, 0.25) is 0 Å². The van der Waals surface area contributed by atoms with Gasteiger partial charge in [-0.2, -0.15) is 5.10 Å². The van der Waals surface area contributed by atoms with Crippen LogP contribution in [0.5, 0.6) is 0 Å². The first-order chi connectivity index (χ1) is 5.97. The summed E-state index contributed by atoms with van der Waals surface area (Å²) in [5.74, 6) is 0. The van der Waals surface area contributed by atoms with E-state index >= 15 is 0 Å². The van der Waals surface area contributed by atoms with Crippen LogP contribution in [0.1, 0.15) is 20.8 Å². The van der Waals surface area contributed by atoms with Crippen LogP contribution in [0.25, 0.3) is 0 Å². The maximum Gasteiger partial charge on any atom is 0.123 e. The van der Waals surface area contributed by atoms with Crippen LogP contribution in [0.3, 0.4) is 0 Å². The molecule has 0 fully saturated rings. The summed E-state index contributed by atoms with van der Waals surface area (Å²) in [6.07, 6.45) is 1.97. The molecule has 0 bridgehead atoms. The van der Waals surface area contributed by atoms with Gasteiger partial charge in [0.15, 0.2) is 0 Å². The fourth-order valence-corrected chi connectivity index (χ4v) is 1.34. The molecule has 0 aromatic carbocycles. The summed E-state index contributed by atoms with van der Waals surface area (Å²) < 4.78 is 8.50. The Labute approximate surface area is 92.6 Å². The molecular weight excluding hydrogens is 279 g/mol. The molecule has 0 atom stereocenters. The minimum atomic E-state index is -0.0553. The monoisotopic (exact) mass is 294 g/mol. The number of ether oxygens (including phenoxy) is 1. The van der Waals surface area contributed by atoms with E-state index in [1.807, 2.05) is 16.9 Å². The van der Waals surface area contributed by atoms with Crippen molar-refractivity contribution in [3.63, 3.8) is 0 Å². The highest BCUT2D eigenvalue weighted by molar-refractivity contribution is 14.1. The van der Waals surface area contributed by atoms with Crippen molar-refractivity contribution in [2.45, 2.75) is 32.9 Å². The second kappa shape index (κ2) is 4.41. The molecule has 1 rings (SSSR count). The van der Waals surface area contributed by atoms with Crippen molar-refractivity contribution >= 4 is 22.6 Å².